The van der Waals surface area contributed by atoms with Crippen LogP contribution in [-0.2, 0) is 0 Å². The molecule has 0 atom stereocenters. The molecule has 0 aliphatic carbocycles. The lowest BCUT2D eigenvalue weighted by Gasteiger charge is -2.10. The van der Waals surface area contributed by atoms with Crippen molar-refractivity contribution >= 4 is 32.6 Å². The fourth-order valence-electron chi connectivity index (χ4n) is 3.41. The van der Waals surface area contributed by atoms with Crippen molar-refractivity contribution in [2.24, 2.45) is 0 Å². The van der Waals surface area contributed by atoms with E-state index >= 15 is 0 Å². The van der Waals surface area contributed by atoms with Gasteiger partial charge in [-0.3, -0.25) is 4.98 Å². The van der Waals surface area contributed by atoms with Gasteiger partial charge in [0.05, 0.1) is 22.9 Å². The van der Waals surface area contributed by atoms with Crippen LogP contribution in [0.3, 0.4) is 0 Å². The highest BCUT2D eigenvalue weighted by atomic mass is 19.1. The molecule has 2 nitrogen and oxygen atoms in total. The average Bonchev–Trinajstić information content (AvgIpc) is 2.68. The Labute approximate surface area is 143 Å². The van der Waals surface area contributed by atoms with Crippen LogP contribution in [0, 0.1) is 5.82 Å². The van der Waals surface area contributed by atoms with E-state index < -0.39 is 0 Å². The Morgan fingerprint density at radius 1 is 0.640 bits per heavy atom. The van der Waals surface area contributed by atoms with Crippen molar-refractivity contribution in [1.29, 1.82) is 0 Å². The van der Waals surface area contributed by atoms with E-state index in [2.05, 4.69) is 29.2 Å². The van der Waals surface area contributed by atoms with Gasteiger partial charge in [-0.25, -0.2) is 9.37 Å². The van der Waals surface area contributed by atoms with Gasteiger partial charge < -0.3 is 0 Å². The number of nitrogens with zero attached hydrogens (tertiary/aromatic N) is 2. The van der Waals surface area contributed by atoms with E-state index in [0.29, 0.717) is 5.69 Å². The SMILES string of the molecule is Fc1cccc(-c2cnc3c4ccccc4c4ccccc4c3n2)c1. The van der Waals surface area contributed by atoms with Gasteiger partial charge in [0.15, 0.2) is 0 Å². The molecule has 0 bridgehead atoms. The Morgan fingerprint density at radius 3 is 1.96 bits per heavy atom. The van der Waals surface area contributed by atoms with Crippen molar-refractivity contribution in [2.75, 3.05) is 0 Å². The summed E-state index contributed by atoms with van der Waals surface area (Å²) in [6.07, 6.45) is 1.72. The minimum Gasteiger partial charge on any atom is -0.252 e. The van der Waals surface area contributed by atoms with Crippen molar-refractivity contribution in [2.45, 2.75) is 0 Å². The van der Waals surface area contributed by atoms with E-state index in [1.54, 1.807) is 12.3 Å². The molecule has 0 unspecified atom stereocenters. The zero-order chi connectivity index (χ0) is 16.8. The molecule has 1 aromatic heterocycles. The Balaban J connectivity index is 1.93. The van der Waals surface area contributed by atoms with Crippen LogP contribution in [-0.4, -0.2) is 9.97 Å². The van der Waals surface area contributed by atoms with Gasteiger partial charge in [-0.1, -0.05) is 60.7 Å². The van der Waals surface area contributed by atoms with Crippen LogP contribution in [0.25, 0.3) is 43.8 Å². The summed E-state index contributed by atoms with van der Waals surface area (Å²) in [6, 6.07) is 22.9. The molecule has 0 radical (unpaired) electrons. The van der Waals surface area contributed by atoms with E-state index in [1.165, 1.54) is 17.5 Å². The topological polar surface area (TPSA) is 25.8 Å². The summed E-state index contributed by atoms with van der Waals surface area (Å²) in [5.74, 6) is -0.275. The Morgan fingerprint density at radius 2 is 1.28 bits per heavy atom. The lowest BCUT2D eigenvalue weighted by molar-refractivity contribution is 0.628. The van der Waals surface area contributed by atoms with E-state index in [0.717, 1.165) is 32.8 Å². The first-order valence-electron chi connectivity index (χ1n) is 8.13. The minimum absolute atomic E-state index is 0.275. The van der Waals surface area contributed by atoms with Gasteiger partial charge in [0.1, 0.15) is 5.82 Å². The molecule has 0 saturated heterocycles. The summed E-state index contributed by atoms with van der Waals surface area (Å²) in [5, 5.41) is 4.45. The second-order valence-electron chi connectivity index (χ2n) is 6.05. The van der Waals surface area contributed by atoms with Crippen molar-refractivity contribution in [3.63, 3.8) is 0 Å². The zero-order valence-electron chi connectivity index (χ0n) is 13.3. The van der Waals surface area contributed by atoms with Crippen LogP contribution >= 0.6 is 0 Å². The third kappa shape index (κ3) is 2.17. The fraction of sp³-hybridized carbons (Fsp3) is 0. The Kier molecular flexibility index (Phi) is 3.01. The molecule has 5 aromatic rings. The molecule has 118 valence electrons. The van der Waals surface area contributed by atoms with Gasteiger partial charge >= 0.3 is 0 Å². The van der Waals surface area contributed by atoms with Crippen LogP contribution in [0.4, 0.5) is 4.39 Å². The summed E-state index contributed by atoms with van der Waals surface area (Å²) < 4.78 is 13.6. The summed E-state index contributed by atoms with van der Waals surface area (Å²) in [7, 11) is 0. The smallest absolute Gasteiger partial charge is 0.123 e. The van der Waals surface area contributed by atoms with Crippen LogP contribution in [0.2, 0.25) is 0 Å². The first kappa shape index (κ1) is 14.1. The second-order valence-corrected chi connectivity index (χ2v) is 6.05. The lowest BCUT2D eigenvalue weighted by Crippen LogP contribution is -1.92. The maximum atomic E-state index is 13.6. The van der Waals surface area contributed by atoms with Gasteiger partial charge in [-0.05, 0) is 22.9 Å². The molecule has 0 amide bonds. The van der Waals surface area contributed by atoms with E-state index in [1.807, 2.05) is 30.3 Å². The Hall–Kier alpha value is -3.33. The summed E-state index contributed by atoms with van der Waals surface area (Å²) in [5.41, 5.74) is 3.12. The maximum absolute atomic E-state index is 13.6. The molecule has 5 rings (SSSR count). The van der Waals surface area contributed by atoms with Crippen molar-refractivity contribution in [3.8, 4) is 11.3 Å². The minimum atomic E-state index is -0.275. The number of fused-ring (bicyclic) bond motifs is 6. The highest BCUT2D eigenvalue weighted by Gasteiger charge is 2.11. The van der Waals surface area contributed by atoms with Crippen LogP contribution in [0.1, 0.15) is 0 Å². The zero-order valence-corrected chi connectivity index (χ0v) is 13.3. The van der Waals surface area contributed by atoms with Crippen molar-refractivity contribution in [3.05, 3.63) is 84.8 Å². The molecular formula is C22H13FN2. The number of halogens is 1. The van der Waals surface area contributed by atoms with E-state index in [9.17, 15) is 4.39 Å². The predicted octanol–water partition coefficient (Wildman–Crippen LogP) is 5.74. The molecule has 1 heterocycles. The standard InChI is InChI=1S/C22H13FN2/c23-15-7-5-6-14(12-15)20-13-24-21-18-10-3-1-8-16(18)17-9-2-4-11-19(17)22(21)25-20/h1-13H. The normalized spacial score (nSPS) is 11.4. The quantitative estimate of drug-likeness (QED) is 0.367. The molecular weight excluding hydrogens is 311 g/mol. The molecule has 0 aliphatic rings. The molecule has 25 heavy (non-hydrogen) atoms. The molecule has 0 spiro atoms. The van der Waals surface area contributed by atoms with Crippen LogP contribution in [0.15, 0.2) is 79.0 Å². The molecule has 0 aliphatic heterocycles. The highest BCUT2D eigenvalue weighted by Crippen LogP contribution is 2.33. The number of hydrogen-bond donors (Lipinski definition) is 0. The van der Waals surface area contributed by atoms with Gasteiger partial charge in [0, 0.05) is 16.3 Å². The number of benzene rings is 4. The molecule has 3 heteroatoms. The lowest BCUT2D eigenvalue weighted by atomic mass is 9.99. The molecule has 0 saturated carbocycles. The van der Waals surface area contributed by atoms with Gasteiger partial charge in [-0.15, -0.1) is 0 Å². The van der Waals surface area contributed by atoms with Crippen LogP contribution < -0.4 is 0 Å². The molecule has 4 aromatic carbocycles. The van der Waals surface area contributed by atoms with Gasteiger partial charge in [-0.2, -0.15) is 0 Å². The summed E-state index contributed by atoms with van der Waals surface area (Å²) in [4.78, 5) is 9.52. The summed E-state index contributed by atoms with van der Waals surface area (Å²) in [6.45, 7) is 0. The maximum Gasteiger partial charge on any atom is 0.123 e. The van der Waals surface area contributed by atoms with Crippen molar-refractivity contribution in [1.82, 2.24) is 9.97 Å². The molecule has 0 fully saturated rings. The predicted molar refractivity (Wildman–Crippen MR) is 99.9 cm³/mol. The van der Waals surface area contributed by atoms with Gasteiger partial charge in [0.2, 0.25) is 0 Å². The highest BCUT2D eigenvalue weighted by molar-refractivity contribution is 6.23. The first-order valence-corrected chi connectivity index (χ1v) is 8.13. The number of rotatable bonds is 1. The Bertz CT molecular complexity index is 1230. The third-order valence-corrected chi connectivity index (χ3v) is 4.55. The first-order chi connectivity index (χ1) is 12.3. The number of aromatic nitrogens is 2. The molecule has 0 N–H and O–H groups in total. The summed E-state index contributed by atoms with van der Waals surface area (Å²) >= 11 is 0. The fourth-order valence-corrected chi connectivity index (χ4v) is 3.41. The second kappa shape index (κ2) is 5.35. The number of hydrogen-bond acceptors (Lipinski definition) is 2. The van der Waals surface area contributed by atoms with Crippen LogP contribution in [0.5, 0.6) is 0 Å². The average molecular weight is 324 g/mol. The van der Waals surface area contributed by atoms with E-state index in [-0.39, 0.29) is 5.82 Å². The largest absolute Gasteiger partial charge is 0.252 e. The third-order valence-electron chi connectivity index (χ3n) is 4.55. The van der Waals surface area contributed by atoms with Crippen molar-refractivity contribution < 1.29 is 4.39 Å². The van der Waals surface area contributed by atoms with E-state index in [4.69, 9.17) is 4.98 Å². The van der Waals surface area contributed by atoms with Gasteiger partial charge in [0.25, 0.3) is 0 Å². The monoisotopic (exact) mass is 324 g/mol.